The van der Waals surface area contributed by atoms with E-state index in [2.05, 4.69) is 37.2 Å². The minimum absolute atomic E-state index is 0.0165. The summed E-state index contributed by atoms with van der Waals surface area (Å²) in [6.07, 6.45) is 2.08. The van der Waals surface area contributed by atoms with Crippen molar-refractivity contribution in [3.63, 3.8) is 0 Å². The molecule has 0 aromatic heterocycles. The Morgan fingerprint density at radius 2 is 2.00 bits per heavy atom. The van der Waals surface area contributed by atoms with Gasteiger partial charge in [0.2, 0.25) is 0 Å². The Kier molecular flexibility index (Phi) is 6.14. The number of nitrogens with one attached hydrogen (secondary N) is 1. The average molecular weight is 284 g/mol. The fourth-order valence-electron chi connectivity index (χ4n) is 1.78. The lowest BCUT2D eigenvalue weighted by Crippen LogP contribution is -2.36. The van der Waals surface area contributed by atoms with Crippen LogP contribution in [0.1, 0.15) is 26.3 Å². The minimum Gasteiger partial charge on any atom is -0.373 e. The van der Waals surface area contributed by atoms with Crippen LogP contribution in [-0.2, 0) is 6.54 Å². The maximum Gasteiger partial charge on any atom is 0.129 e. The van der Waals surface area contributed by atoms with Crippen LogP contribution >= 0.6 is 11.8 Å². The summed E-state index contributed by atoms with van der Waals surface area (Å²) in [6.45, 7) is 7.74. The van der Waals surface area contributed by atoms with Gasteiger partial charge in [0.25, 0.3) is 0 Å². The van der Waals surface area contributed by atoms with Crippen molar-refractivity contribution in [2.75, 3.05) is 30.5 Å². The van der Waals surface area contributed by atoms with Gasteiger partial charge in [-0.1, -0.05) is 6.07 Å². The molecule has 1 aromatic rings. The zero-order valence-electron chi connectivity index (χ0n) is 12.6. The monoisotopic (exact) mass is 284 g/mol. The maximum atomic E-state index is 14.0. The van der Waals surface area contributed by atoms with Crippen molar-refractivity contribution in [1.82, 2.24) is 5.32 Å². The molecule has 0 radical (unpaired) electrons. The van der Waals surface area contributed by atoms with Gasteiger partial charge in [0, 0.05) is 42.7 Å². The highest BCUT2D eigenvalue weighted by atomic mass is 32.2. The van der Waals surface area contributed by atoms with Crippen LogP contribution in [-0.4, -0.2) is 31.1 Å². The first-order valence-electron chi connectivity index (χ1n) is 6.57. The van der Waals surface area contributed by atoms with Crippen molar-refractivity contribution >= 4 is 17.4 Å². The standard InChI is InChI=1S/C15H25FN2S/c1-15(2,3)17-11-12-13(16)7-6-8-14(12)18(4)9-10-19-5/h6-8,17H,9-11H2,1-5H3. The van der Waals surface area contributed by atoms with E-state index in [1.54, 1.807) is 17.8 Å². The molecule has 0 amide bonds. The third-order valence-corrected chi connectivity index (χ3v) is 3.52. The zero-order chi connectivity index (χ0) is 14.5. The van der Waals surface area contributed by atoms with Crippen molar-refractivity contribution in [1.29, 1.82) is 0 Å². The fourth-order valence-corrected chi connectivity index (χ4v) is 2.24. The SMILES string of the molecule is CSCCN(C)c1cccc(F)c1CNC(C)(C)C. The van der Waals surface area contributed by atoms with Crippen molar-refractivity contribution in [2.24, 2.45) is 0 Å². The Morgan fingerprint density at radius 1 is 1.32 bits per heavy atom. The molecule has 0 aliphatic rings. The van der Waals surface area contributed by atoms with Gasteiger partial charge in [-0.05, 0) is 39.2 Å². The third kappa shape index (κ3) is 5.41. The van der Waals surface area contributed by atoms with Gasteiger partial charge in [0.05, 0.1) is 0 Å². The van der Waals surface area contributed by atoms with Gasteiger partial charge in [-0.25, -0.2) is 4.39 Å². The number of hydrogen-bond acceptors (Lipinski definition) is 3. The van der Waals surface area contributed by atoms with Crippen LogP contribution < -0.4 is 10.2 Å². The fraction of sp³-hybridized carbons (Fsp3) is 0.600. The normalized spacial score (nSPS) is 11.7. The molecule has 0 spiro atoms. The zero-order valence-corrected chi connectivity index (χ0v) is 13.4. The molecule has 0 aliphatic heterocycles. The van der Waals surface area contributed by atoms with Crippen LogP contribution in [0.3, 0.4) is 0 Å². The molecule has 2 nitrogen and oxygen atoms in total. The highest BCUT2D eigenvalue weighted by molar-refractivity contribution is 7.98. The van der Waals surface area contributed by atoms with Crippen LogP contribution in [0, 0.1) is 5.82 Å². The highest BCUT2D eigenvalue weighted by Gasteiger charge is 2.15. The first-order valence-corrected chi connectivity index (χ1v) is 7.97. The topological polar surface area (TPSA) is 15.3 Å². The summed E-state index contributed by atoms with van der Waals surface area (Å²) in [6, 6.07) is 5.30. The molecule has 19 heavy (non-hydrogen) atoms. The molecule has 0 bridgehead atoms. The molecule has 0 aliphatic carbocycles. The second-order valence-electron chi connectivity index (χ2n) is 5.76. The van der Waals surface area contributed by atoms with Crippen molar-refractivity contribution < 1.29 is 4.39 Å². The Morgan fingerprint density at radius 3 is 2.58 bits per heavy atom. The number of hydrogen-bond donors (Lipinski definition) is 1. The minimum atomic E-state index is -0.134. The van der Waals surface area contributed by atoms with Crippen molar-refractivity contribution in [3.05, 3.63) is 29.6 Å². The van der Waals surface area contributed by atoms with E-state index in [-0.39, 0.29) is 11.4 Å². The van der Waals surface area contributed by atoms with Gasteiger partial charge >= 0.3 is 0 Å². The molecule has 1 aromatic carbocycles. The predicted molar refractivity (Wildman–Crippen MR) is 84.6 cm³/mol. The van der Waals surface area contributed by atoms with E-state index < -0.39 is 0 Å². The van der Waals surface area contributed by atoms with Crippen LogP contribution in [0.4, 0.5) is 10.1 Å². The summed E-state index contributed by atoms with van der Waals surface area (Å²) in [7, 11) is 2.02. The van der Waals surface area contributed by atoms with Crippen LogP contribution in [0.2, 0.25) is 0 Å². The van der Waals surface area contributed by atoms with Gasteiger partial charge in [-0.2, -0.15) is 11.8 Å². The molecule has 0 heterocycles. The van der Waals surface area contributed by atoms with Crippen molar-refractivity contribution in [2.45, 2.75) is 32.9 Å². The molecular formula is C15H25FN2S. The Bertz CT molecular complexity index is 402. The predicted octanol–water partition coefficient (Wildman–Crippen LogP) is 3.51. The summed E-state index contributed by atoms with van der Waals surface area (Å²) in [5.41, 5.74) is 1.71. The molecule has 0 saturated heterocycles. The lowest BCUT2D eigenvalue weighted by atomic mass is 10.1. The first-order chi connectivity index (χ1) is 8.85. The van der Waals surface area contributed by atoms with E-state index in [1.807, 2.05) is 13.1 Å². The van der Waals surface area contributed by atoms with Gasteiger partial charge in [0.1, 0.15) is 5.82 Å². The quantitative estimate of drug-likeness (QED) is 0.860. The first kappa shape index (κ1) is 16.3. The number of thioether (sulfide) groups is 1. The van der Waals surface area contributed by atoms with E-state index in [4.69, 9.17) is 0 Å². The van der Waals surface area contributed by atoms with Crippen molar-refractivity contribution in [3.8, 4) is 0 Å². The maximum absolute atomic E-state index is 14.0. The number of nitrogens with zero attached hydrogens (tertiary/aromatic N) is 1. The lowest BCUT2D eigenvalue weighted by molar-refractivity contribution is 0.418. The molecule has 0 atom stereocenters. The summed E-state index contributed by atoms with van der Waals surface area (Å²) < 4.78 is 14.0. The van der Waals surface area contributed by atoms with Crippen LogP contribution in [0.25, 0.3) is 0 Å². The second kappa shape index (κ2) is 7.15. The van der Waals surface area contributed by atoms with Gasteiger partial charge in [-0.15, -0.1) is 0 Å². The van der Waals surface area contributed by atoms with Crippen LogP contribution in [0.15, 0.2) is 18.2 Å². The molecule has 0 fully saturated rings. The van der Waals surface area contributed by atoms with E-state index in [9.17, 15) is 4.39 Å². The van der Waals surface area contributed by atoms with Gasteiger partial charge in [-0.3, -0.25) is 0 Å². The van der Waals surface area contributed by atoms with E-state index in [1.165, 1.54) is 6.07 Å². The number of rotatable bonds is 6. The molecular weight excluding hydrogens is 259 g/mol. The molecule has 0 saturated carbocycles. The van der Waals surface area contributed by atoms with Crippen LogP contribution in [0.5, 0.6) is 0 Å². The number of benzene rings is 1. The molecule has 4 heteroatoms. The number of halogens is 1. The summed E-state index contributed by atoms with van der Waals surface area (Å²) in [4.78, 5) is 2.12. The highest BCUT2D eigenvalue weighted by Crippen LogP contribution is 2.23. The lowest BCUT2D eigenvalue weighted by Gasteiger charge is -2.26. The molecule has 1 rings (SSSR count). The van der Waals surface area contributed by atoms with E-state index in [0.717, 1.165) is 23.5 Å². The molecule has 1 N–H and O–H groups in total. The Hall–Kier alpha value is -0.740. The van der Waals surface area contributed by atoms with Gasteiger partial charge < -0.3 is 10.2 Å². The van der Waals surface area contributed by atoms with E-state index >= 15 is 0 Å². The molecule has 108 valence electrons. The summed E-state index contributed by atoms with van der Waals surface area (Å²) in [5, 5.41) is 3.36. The Balaban J connectivity index is 2.88. The smallest absolute Gasteiger partial charge is 0.129 e. The summed E-state index contributed by atoms with van der Waals surface area (Å²) >= 11 is 1.80. The third-order valence-electron chi connectivity index (χ3n) is 2.93. The Labute approximate surface area is 120 Å². The largest absolute Gasteiger partial charge is 0.373 e. The number of anilines is 1. The van der Waals surface area contributed by atoms with Gasteiger partial charge in [0.15, 0.2) is 0 Å². The second-order valence-corrected chi connectivity index (χ2v) is 6.74. The van der Waals surface area contributed by atoms with E-state index in [0.29, 0.717) is 6.54 Å². The average Bonchev–Trinajstić information content (AvgIpc) is 2.33. The summed E-state index contributed by atoms with van der Waals surface area (Å²) in [5.74, 6) is 0.907. The molecule has 0 unspecified atom stereocenters.